The summed E-state index contributed by atoms with van der Waals surface area (Å²) >= 11 is 0. The fourth-order valence-corrected chi connectivity index (χ4v) is 3.85. The molecule has 2 aliphatic heterocycles. The van der Waals surface area contributed by atoms with E-state index in [1.54, 1.807) is 18.0 Å². The van der Waals surface area contributed by atoms with Crippen molar-refractivity contribution in [2.45, 2.75) is 44.2 Å². The SMILES string of the molecule is CN1C(=O)CC[C@@]23CC=C(C#N)O[C@@]12CCCC3=O. The molecule has 5 nitrogen and oxygen atoms in total. The van der Waals surface area contributed by atoms with Gasteiger partial charge in [-0.05, 0) is 25.3 Å². The monoisotopic (exact) mass is 260 g/mol. The van der Waals surface area contributed by atoms with Crippen molar-refractivity contribution in [3.63, 3.8) is 0 Å². The van der Waals surface area contributed by atoms with Crippen molar-refractivity contribution >= 4 is 11.7 Å². The Kier molecular flexibility index (Phi) is 2.46. The predicted molar refractivity (Wildman–Crippen MR) is 65.4 cm³/mol. The Morgan fingerprint density at radius 3 is 2.89 bits per heavy atom. The Bertz CT molecular complexity index is 533. The van der Waals surface area contributed by atoms with Crippen molar-refractivity contribution in [3.05, 3.63) is 11.8 Å². The summed E-state index contributed by atoms with van der Waals surface area (Å²) in [5.74, 6) is 0.391. The molecule has 3 aliphatic rings. The van der Waals surface area contributed by atoms with E-state index in [-0.39, 0.29) is 17.4 Å². The summed E-state index contributed by atoms with van der Waals surface area (Å²) in [5, 5.41) is 9.05. The molecule has 3 rings (SSSR count). The molecule has 19 heavy (non-hydrogen) atoms. The van der Waals surface area contributed by atoms with Gasteiger partial charge in [-0.15, -0.1) is 0 Å². The summed E-state index contributed by atoms with van der Waals surface area (Å²) in [7, 11) is 1.69. The summed E-state index contributed by atoms with van der Waals surface area (Å²) in [6, 6.07) is 2.00. The summed E-state index contributed by atoms with van der Waals surface area (Å²) in [5.41, 5.74) is -1.58. The lowest BCUT2D eigenvalue weighted by molar-refractivity contribution is -0.232. The standard InChI is InChI=1S/C14H16N2O3/c1-16-12(18)5-8-13-7-4-10(9-15)19-14(13,16)6-2-3-11(13)17/h4H,2-3,5-8H2,1H3/t13-,14-/m1/s1. The first-order valence-corrected chi connectivity index (χ1v) is 6.65. The van der Waals surface area contributed by atoms with Crippen LogP contribution in [0.15, 0.2) is 11.8 Å². The number of hydrogen-bond donors (Lipinski definition) is 0. The third-order valence-corrected chi connectivity index (χ3v) is 4.91. The van der Waals surface area contributed by atoms with E-state index in [4.69, 9.17) is 10.00 Å². The van der Waals surface area contributed by atoms with Gasteiger partial charge < -0.3 is 9.64 Å². The number of rotatable bonds is 0. The molecule has 1 aliphatic carbocycles. The Balaban J connectivity index is 2.16. The van der Waals surface area contributed by atoms with Crippen LogP contribution in [0.1, 0.15) is 38.5 Å². The first kappa shape index (κ1) is 12.2. The molecule has 0 aromatic rings. The molecular weight excluding hydrogens is 244 g/mol. The molecule has 1 saturated heterocycles. The molecule has 0 unspecified atom stereocenters. The smallest absolute Gasteiger partial charge is 0.225 e. The number of hydrogen-bond acceptors (Lipinski definition) is 4. The maximum Gasteiger partial charge on any atom is 0.225 e. The topological polar surface area (TPSA) is 70.4 Å². The molecule has 2 fully saturated rings. The molecule has 2 heterocycles. The number of ketones is 1. The average Bonchev–Trinajstić information content (AvgIpc) is 2.43. The first-order chi connectivity index (χ1) is 9.06. The van der Waals surface area contributed by atoms with Crippen molar-refractivity contribution in [2.24, 2.45) is 5.41 Å². The van der Waals surface area contributed by atoms with Crippen LogP contribution in [-0.4, -0.2) is 29.4 Å². The number of carbonyl (C=O) groups excluding carboxylic acids is 2. The van der Waals surface area contributed by atoms with E-state index in [1.807, 2.05) is 6.07 Å². The maximum absolute atomic E-state index is 12.5. The molecule has 0 aromatic heterocycles. The van der Waals surface area contributed by atoms with Crippen molar-refractivity contribution < 1.29 is 14.3 Å². The normalized spacial score (nSPS) is 37.7. The lowest BCUT2D eigenvalue weighted by Gasteiger charge is -2.59. The summed E-state index contributed by atoms with van der Waals surface area (Å²) in [6.45, 7) is 0. The van der Waals surface area contributed by atoms with E-state index in [1.165, 1.54) is 0 Å². The largest absolute Gasteiger partial charge is 0.457 e. The van der Waals surface area contributed by atoms with Gasteiger partial charge >= 0.3 is 0 Å². The van der Waals surface area contributed by atoms with Crippen LogP contribution < -0.4 is 0 Å². The van der Waals surface area contributed by atoms with Crippen LogP contribution >= 0.6 is 0 Å². The second kappa shape index (κ2) is 3.83. The number of nitrogens with zero attached hydrogens (tertiary/aromatic N) is 2. The number of likely N-dealkylation sites (tertiary alicyclic amines) is 1. The lowest BCUT2D eigenvalue weighted by Crippen LogP contribution is -2.70. The van der Waals surface area contributed by atoms with E-state index in [0.29, 0.717) is 38.5 Å². The molecule has 5 heteroatoms. The minimum absolute atomic E-state index is 0.00971. The van der Waals surface area contributed by atoms with Gasteiger partial charge in [0.05, 0.1) is 5.41 Å². The van der Waals surface area contributed by atoms with E-state index in [2.05, 4.69) is 0 Å². The number of Topliss-reactive ketones (excluding diaryl/α,β-unsaturated/α-hetero) is 1. The highest BCUT2D eigenvalue weighted by Gasteiger charge is 2.66. The Labute approximate surface area is 111 Å². The zero-order valence-electron chi connectivity index (χ0n) is 10.9. The van der Waals surface area contributed by atoms with Crippen molar-refractivity contribution in [3.8, 4) is 6.07 Å². The van der Waals surface area contributed by atoms with Gasteiger partial charge in [-0.2, -0.15) is 5.26 Å². The molecule has 0 spiro atoms. The Hall–Kier alpha value is -1.83. The zero-order chi connectivity index (χ0) is 13.7. The molecule has 2 atom stereocenters. The predicted octanol–water partition coefficient (Wildman–Crippen LogP) is 1.50. The van der Waals surface area contributed by atoms with Gasteiger partial charge in [0, 0.05) is 26.3 Å². The van der Waals surface area contributed by atoms with Gasteiger partial charge in [0.2, 0.25) is 5.91 Å². The third kappa shape index (κ3) is 1.34. The van der Waals surface area contributed by atoms with E-state index in [0.717, 1.165) is 0 Å². The molecule has 0 N–H and O–H groups in total. The highest BCUT2D eigenvalue weighted by Crippen LogP contribution is 2.56. The minimum atomic E-state index is -0.933. The van der Waals surface area contributed by atoms with Gasteiger partial charge in [0.25, 0.3) is 0 Å². The Morgan fingerprint density at radius 2 is 2.16 bits per heavy atom. The van der Waals surface area contributed by atoms with Crippen LogP contribution in [-0.2, 0) is 14.3 Å². The van der Waals surface area contributed by atoms with Gasteiger partial charge in [0.1, 0.15) is 11.9 Å². The third-order valence-electron chi connectivity index (χ3n) is 4.91. The van der Waals surface area contributed by atoms with Crippen LogP contribution in [0, 0.1) is 16.7 Å². The first-order valence-electron chi connectivity index (χ1n) is 6.65. The van der Waals surface area contributed by atoms with Crippen LogP contribution in [0.2, 0.25) is 0 Å². The van der Waals surface area contributed by atoms with Gasteiger partial charge in [-0.25, -0.2) is 0 Å². The minimum Gasteiger partial charge on any atom is -0.457 e. The van der Waals surface area contributed by atoms with E-state index in [9.17, 15) is 9.59 Å². The van der Waals surface area contributed by atoms with E-state index < -0.39 is 11.1 Å². The van der Waals surface area contributed by atoms with E-state index >= 15 is 0 Å². The number of amides is 1. The quantitative estimate of drug-likeness (QED) is 0.661. The van der Waals surface area contributed by atoms with Crippen molar-refractivity contribution in [2.75, 3.05) is 7.05 Å². The highest BCUT2D eigenvalue weighted by molar-refractivity contribution is 5.91. The summed E-state index contributed by atoms with van der Waals surface area (Å²) in [4.78, 5) is 26.1. The number of allylic oxidation sites excluding steroid dienone is 2. The fraction of sp³-hybridized carbons (Fsp3) is 0.643. The maximum atomic E-state index is 12.5. The molecule has 0 aromatic carbocycles. The average molecular weight is 260 g/mol. The summed E-state index contributed by atoms with van der Waals surface area (Å²) in [6.07, 6.45) is 4.99. The highest BCUT2D eigenvalue weighted by atomic mass is 16.5. The number of ether oxygens (including phenoxy) is 1. The van der Waals surface area contributed by atoms with Crippen LogP contribution in [0.3, 0.4) is 0 Å². The molecule has 0 bridgehead atoms. The molecule has 100 valence electrons. The molecular formula is C14H16N2O3. The zero-order valence-corrected chi connectivity index (χ0v) is 10.9. The van der Waals surface area contributed by atoms with Crippen molar-refractivity contribution in [1.29, 1.82) is 5.26 Å². The number of nitriles is 1. The molecule has 1 amide bonds. The number of piperidine rings is 1. The van der Waals surface area contributed by atoms with Gasteiger partial charge in [0.15, 0.2) is 11.5 Å². The Morgan fingerprint density at radius 1 is 1.37 bits per heavy atom. The molecule has 1 saturated carbocycles. The van der Waals surface area contributed by atoms with Crippen LogP contribution in [0.4, 0.5) is 0 Å². The van der Waals surface area contributed by atoms with Crippen LogP contribution in [0.25, 0.3) is 0 Å². The summed E-state index contributed by atoms with van der Waals surface area (Å²) < 4.78 is 5.86. The van der Waals surface area contributed by atoms with Crippen molar-refractivity contribution in [1.82, 2.24) is 4.90 Å². The lowest BCUT2D eigenvalue weighted by atomic mass is 9.59. The second-order valence-corrected chi connectivity index (χ2v) is 5.58. The van der Waals surface area contributed by atoms with Gasteiger partial charge in [-0.1, -0.05) is 0 Å². The molecule has 0 radical (unpaired) electrons. The second-order valence-electron chi connectivity index (χ2n) is 5.58. The van der Waals surface area contributed by atoms with Crippen LogP contribution in [0.5, 0.6) is 0 Å². The fourth-order valence-electron chi connectivity index (χ4n) is 3.85. The van der Waals surface area contributed by atoms with Gasteiger partial charge in [-0.3, -0.25) is 9.59 Å². The number of carbonyl (C=O) groups is 2.